The van der Waals surface area contributed by atoms with Crippen LogP contribution in [0.2, 0.25) is 0 Å². The van der Waals surface area contributed by atoms with Gasteiger partial charge in [-0.3, -0.25) is 18.7 Å². The minimum absolute atomic E-state index is 0.0753. The van der Waals surface area contributed by atoms with E-state index in [0.29, 0.717) is 6.42 Å². The minimum Gasteiger partial charge on any atom is -0.396 e. The fraction of sp³-hybridized carbons (Fsp3) is 0.583. The van der Waals surface area contributed by atoms with E-state index in [0.717, 1.165) is 9.13 Å². The smallest absolute Gasteiger partial charge is 0.331 e. The molecule has 0 aliphatic rings. The lowest BCUT2D eigenvalue weighted by Gasteiger charge is -2.17. The summed E-state index contributed by atoms with van der Waals surface area (Å²) in [4.78, 5) is 34.8. The van der Waals surface area contributed by atoms with Crippen LogP contribution in [0.3, 0.4) is 0 Å². The van der Waals surface area contributed by atoms with Gasteiger partial charge < -0.3 is 15.2 Å². The van der Waals surface area contributed by atoms with E-state index in [1.807, 2.05) is 0 Å². The van der Waals surface area contributed by atoms with E-state index in [2.05, 4.69) is 5.32 Å². The number of aliphatic hydroxyl groups excluding tert-OH is 1. The van der Waals surface area contributed by atoms with Crippen molar-refractivity contribution in [3.63, 3.8) is 0 Å². The first-order chi connectivity index (χ1) is 9.49. The van der Waals surface area contributed by atoms with Crippen LogP contribution in [0.15, 0.2) is 21.9 Å². The van der Waals surface area contributed by atoms with Crippen LogP contribution in [0.5, 0.6) is 0 Å². The largest absolute Gasteiger partial charge is 0.396 e. The number of ether oxygens (including phenoxy) is 1. The van der Waals surface area contributed by atoms with E-state index in [1.165, 1.54) is 26.4 Å². The highest BCUT2D eigenvalue weighted by atomic mass is 16.5. The minimum atomic E-state index is -0.557. The van der Waals surface area contributed by atoms with Gasteiger partial charge in [0.15, 0.2) is 0 Å². The van der Waals surface area contributed by atoms with Gasteiger partial charge in [0.05, 0.1) is 12.6 Å². The summed E-state index contributed by atoms with van der Waals surface area (Å²) in [5, 5.41) is 11.5. The van der Waals surface area contributed by atoms with Gasteiger partial charge in [0.25, 0.3) is 5.56 Å². The maximum Gasteiger partial charge on any atom is 0.331 e. The van der Waals surface area contributed by atoms with Gasteiger partial charge in [-0.05, 0) is 6.42 Å². The third-order valence-corrected chi connectivity index (χ3v) is 2.78. The van der Waals surface area contributed by atoms with E-state index in [1.54, 1.807) is 0 Å². The number of nitrogens with one attached hydrogen (secondary N) is 1. The Morgan fingerprint density at radius 3 is 2.80 bits per heavy atom. The molecule has 0 radical (unpaired) electrons. The van der Waals surface area contributed by atoms with Gasteiger partial charge in [-0.2, -0.15) is 0 Å². The number of carbonyl (C=O) groups is 1. The maximum atomic E-state index is 11.8. The molecular formula is C12H19N3O5. The number of aromatic nitrogens is 2. The van der Waals surface area contributed by atoms with E-state index in [4.69, 9.17) is 9.84 Å². The van der Waals surface area contributed by atoms with Crippen LogP contribution in [-0.2, 0) is 23.1 Å². The SMILES string of the molecule is COCC(CCO)NC(=O)Cn1ccc(=O)n(C)c1=O. The number of hydrogen-bond acceptors (Lipinski definition) is 5. The van der Waals surface area contributed by atoms with Crippen molar-refractivity contribution in [2.24, 2.45) is 7.05 Å². The normalized spacial score (nSPS) is 12.2. The Balaban J connectivity index is 2.73. The van der Waals surface area contributed by atoms with Gasteiger partial charge in [-0.25, -0.2) is 4.79 Å². The predicted molar refractivity (Wildman–Crippen MR) is 71.5 cm³/mol. The first kappa shape index (κ1) is 16.1. The highest BCUT2D eigenvalue weighted by Crippen LogP contribution is 1.92. The van der Waals surface area contributed by atoms with Crippen molar-refractivity contribution < 1.29 is 14.6 Å². The lowest BCUT2D eigenvalue weighted by molar-refractivity contribution is -0.122. The maximum absolute atomic E-state index is 11.8. The molecule has 0 saturated heterocycles. The van der Waals surface area contributed by atoms with Crippen molar-refractivity contribution in [3.8, 4) is 0 Å². The van der Waals surface area contributed by atoms with E-state index < -0.39 is 11.2 Å². The molecular weight excluding hydrogens is 266 g/mol. The zero-order valence-electron chi connectivity index (χ0n) is 11.5. The van der Waals surface area contributed by atoms with E-state index >= 15 is 0 Å². The molecule has 1 atom stereocenters. The lowest BCUT2D eigenvalue weighted by atomic mass is 10.2. The summed E-state index contributed by atoms with van der Waals surface area (Å²) >= 11 is 0. The Labute approximate surface area is 115 Å². The zero-order chi connectivity index (χ0) is 15.1. The van der Waals surface area contributed by atoms with Crippen LogP contribution in [0.25, 0.3) is 0 Å². The molecule has 1 aromatic rings. The quantitative estimate of drug-likeness (QED) is 0.607. The van der Waals surface area contributed by atoms with Gasteiger partial charge in [-0.1, -0.05) is 0 Å². The van der Waals surface area contributed by atoms with E-state index in [-0.39, 0.29) is 31.7 Å². The van der Waals surface area contributed by atoms with Crippen LogP contribution < -0.4 is 16.6 Å². The Bertz CT molecular complexity index is 557. The van der Waals surface area contributed by atoms with Gasteiger partial charge >= 0.3 is 5.69 Å². The third-order valence-electron chi connectivity index (χ3n) is 2.78. The highest BCUT2D eigenvalue weighted by Gasteiger charge is 2.13. The molecule has 20 heavy (non-hydrogen) atoms. The Morgan fingerprint density at radius 2 is 2.20 bits per heavy atom. The molecule has 8 nitrogen and oxygen atoms in total. The van der Waals surface area contributed by atoms with Crippen molar-refractivity contribution in [3.05, 3.63) is 33.1 Å². The Hall–Kier alpha value is -1.93. The topological polar surface area (TPSA) is 103 Å². The van der Waals surface area contributed by atoms with Crippen LogP contribution in [0.4, 0.5) is 0 Å². The molecule has 2 N–H and O–H groups in total. The molecule has 112 valence electrons. The lowest BCUT2D eigenvalue weighted by Crippen LogP contribution is -2.44. The van der Waals surface area contributed by atoms with Crippen LogP contribution >= 0.6 is 0 Å². The summed E-state index contributed by atoms with van der Waals surface area (Å²) < 4.78 is 6.99. The monoisotopic (exact) mass is 285 g/mol. The van der Waals surface area contributed by atoms with Gasteiger partial charge in [0, 0.05) is 33.0 Å². The second-order valence-electron chi connectivity index (χ2n) is 4.36. The zero-order valence-corrected chi connectivity index (χ0v) is 11.5. The average Bonchev–Trinajstić information content (AvgIpc) is 2.40. The summed E-state index contributed by atoms with van der Waals surface area (Å²) in [5.74, 6) is -0.388. The van der Waals surface area contributed by atoms with Gasteiger partial charge in [0.2, 0.25) is 5.91 Å². The third kappa shape index (κ3) is 4.32. The molecule has 1 amide bonds. The number of methoxy groups -OCH3 is 1. The molecule has 1 heterocycles. The van der Waals surface area contributed by atoms with Crippen LogP contribution in [0.1, 0.15) is 6.42 Å². The molecule has 0 spiro atoms. The number of carbonyl (C=O) groups excluding carboxylic acids is 1. The van der Waals surface area contributed by atoms with Crippen molar-refractivity contribution in [1.82, 2.24) is 14.5 Å². The molecule has 1 aromatic heterocycles. The van der Waals surface area contributed by atoms with Gasteiger partial charge in [-0.15, -0.1) is 0 Å². The number of aliphatic hydroxyl groups is 1. The average molecular weight is 285 g/mol. The van der Waals surface area contributed by atoms with Crippen LogP contribution in [-0.4, -0.2) is 46.5 Å². The standard InChI is InChI=1S/C12H19N3O5/c1-14-11(18)3-5-15(12(14)19)7-10(17)13-9(4-6-16)8-20-2/h3,5,9,16H,4,6-8H2,1-2H3,(H,13,17). The summed E-state index contributed by atoms with van der Waals surface area (Å²) in [7, 11) is 2.84. The van der Waals surface area contributed by atoms with Crippen molar-refractivity contribution in [2.45, 2.75) is 19.0 Å². The summed E-state index contributed by atoms with van der Waals surface area (Å²) in [6.45, 7) is 0.00116. The second kappa shape index (κ2) is 7.61. The summed E-state index contributed by atoms with van der Waals surface area (Å²) in [6.07, 6.45) is 1.64. The fourth-order valence-corrected chi connectivity index (χ4v) is 1.72. The summed E-state index contributed by atoms with van der Waals surface area (Å²) in [5.41, 5.74) is -0.984. The summed E-state index contributed by atoms with van der Waals surface area (Å²) in [6, 6.07) is 0.899. The molecule has 8 heteroatoms. The van der Waals surface area contributed by atoms with Crippen molar-refractivity contribution in [2.75, 3.05) is 20.3 Å². The first-order valence-corrected chi connectivity index (χ1v) is 6.15. The number of rotatable bonds is 7. The molecule has 0 bridgehead atoms. The van der Waals surface area contributed by atoms with E-state index in [9.17, 15) is 14.4 Å². The first-order valence-electron chi connectivity index (χ1n) is 6.15. The van der Waals surface area contributed by atoms with Crippen molar-refractivity contribution >= 4 is 5.91 Å². The van der Waals surface area contributed by atoms with Gasteiger partial charge in [0.1, 0.15) is 6.54 Å². The Morgan fingerprint density at radius 1 is 1.50 bits per heavy atom. The molecule has 1 unspecified atom stereocenters. The molecule has 0 aromatic carbocycles. The second-order valence-corrected chi connectivity index (χ2v) is 4.36. The molecule has 0 aliphatic heterocycles. The van der Waals surface area contributed by atoms with Crippen molar-refractivity contribution in [1.29, 1.82) is 0 Å². The van der Waals surface area contributed by atoms with Crippen LogP contribution in [0, 0.1) is 0 Å². The highest BCUT2D eigenvalue weighted by molar-refractivity contribution is 5.76. The number of nitrogens with zero attached hydrogens (tertiary/aromatic N) is 2. The Kier molecular flexibility index (Phi) is 6.13. The molecule has 0 fully saturated rings. The predicted octanol–water partition coefficient (Wildman–Crippen LogP) is -1.94. The molecule has 1 rings (SSSR count). The molecule has 0 saturated carbocycles. The fourth-order valence-electron chi connectivity index (χ4n) is 1.72. The molecule has 0 aliphatic carbocycles. The number of hydrogen-bond donors (Lipinski definition) is 2. The number of amides is 1.